The predicted octanol–water partition coefficient (Wildman–Crippen LogP) is 3.77. The molecule has 0 N–H and O–H groups in total. The Morgan fingerprint density at radius 1 is 1.23 bits per heavy atom. The molecule has 6 heteroatoms. The Bertz CT molecular complexity index is 880. The summed E-state index contributed by atoms with van der Waals surface area (Å²) in [7, 11) is 2.09. The van der Waals surface area contributed by atoms with Crippen molar-refractivity contribution in [3.8, 4) is 5.69 Å². The van der Waals surface area contributed by atoms with Crippen LogP contribution in [0.4, 0.5) is 0 Å². The van der Waals surface area contributed by atoms with Gasteiger partial charge in [0.05, 0.1) is 12.2 Å². The monoisotopic (exact) mass is 351 g/mol. The van der Waals surface area contributed by atoms with Crippen LogP contribution in [0.1, 0.15) is 53.6 Å². The molecule has 0 spiro atoms. The number of rotatable bonds is 6. The third-order valence-corrected chi connectivity index (χ3v) is 5.12. The van der Waals surface area contributed by atoms with Gasteiger partial charge in [0, 0.05) is 24.9 Å². The van der Waals surface area contributed by atoms with Gasteiger partial charge in [-0.15, -0.1) is 0 Å². The van der Waals surface area contributed by atoms with Gasteiger partial charge in [-0.3, -0.25) is 4.90 Å². The van der Waals surface area contributed by atoms with Crippen molar-refractivity contribution in [2.75, 3.05) is 7.05 Å². The molecule has 26 heavy (non-hydrogen) atoms. The summed E-state index contributed by atoms with van der Waals surface area (Å²) < 4.78 is 7.38. The second kappa shape index (κ2) is 7.03. The first-order chi connectivity index (χ1) is 12.6. The van der Waals surface area contributed by atoms with Crippen molar-refractivity contribution in [1.82, 2.24) is 24.8 Å². The maximum atomic E-state index is 5.44. The molecule has 0 saturated heterocycles. The summed E-state index contributed by atoms with van der Waals surface area (Å²) in [6.07, 6.45) is 7.42. The minimum Gasteiger partial charge on any atom is -0.339 e. The van der Waals surface area contributed by atoms with E-state index < -0.39 is 0 Å². The van der Waals surface area contributed by atoms with Gasteiger partial charge in [0.2, 0.25) is 5.89 Å². The van der Waals surface area contributed by atoms with Crippen LogP contribution in [-0.2, 0) is 13.1 Å². The molecule has 1 aliphatic carbocycles. The fourth-order valence-corrected chi connectivity index (χ4v) is 3.52. The third-order valence-electron chi connectivity index (χ3n) is 5.12. The van der Waals surface area contributed by atoms with Crippen LogP contribution in [0.15, 0.2) is 35.1 Å². The third kappa shape index (κ3) is 3.42. The zero-order valence-electron chi connectivity index (χ0n) is 15.6. The summed E-state index contributed by atoms with van der Waals surface area (Å²) in [6.45, 7) is 5.75. The molecule has 0 bridgehead atoms. The van der Waals surface area contributed by atoms with Crippen LogP contribution in [0.5, 0.6) is 0 Å². The minimum atomic E-state index is 0.479. The molecule has 2 aromatic heterocycles. The second-order valence-corrected chi connectivity index (χ2v) is 7.38. The van der Waals surface area contributed by atoms with Gasteiger partial charge in [-0.25, -0.2) is 4.68 Å². The molecule has 136 valence electrons. The lowest BCUT2D eigenvalue weighted by molar-refractivity contribution is 0.281. The lowest BCUT2D eigenvalue weighted by Gasteiger charge is -2.21. The zero-order chi connectivity index (χ0) is 18.1. The number of nitrogens with zero attached hydrogens (tertiary/aromatic N) is 5. The largest absolute Gasteiger partial charge is 0.339 e. The molecular formula is C20H25N5O. The summed E-state index contributed by atoms with van der Waals surface area (Å²) in [5, 5.41) is 8.58. The molecule has 0 atom stereocenters. The molecule has 2 heterocycles. The molecular weight excluding hydrogens is 326 g/mol. The highest BCUT2D eigenvalue weighted by atomic mass is 16.5. The van der Waals surface area contributed by atoms with E-state index in [1.54, 1.807) is 0 Å². The maximum absolute atomic E-state index is 5.44. The molecule has 6 nitrogen and oxygen atoms in total. The fraction of sp³-hybridized carbons (Fsp3) is 0.450. The number of aromatic nitrogens is 4. The highest BCUT2D eigenvalue weighted by Crippen LogP contribution is 2.35. The first-order valence-electron chi connectivity index (χ1n) is 9.21. The second-order valence-electron chi connectivity index (χ2n) is 7.38. The van der Waals surface area contributed by atoms with Crippen LogP contribution in [0.25, 0.3) is 5.69 Å². The topological polar surface area (TPSA) is 60.0 Å². The Kier molecular flexibility index (Phi) is 4.59. The first kappa shape index (κ1) is 17.0. The van der Waals surface area contributed by atoms with E-state index in [-0.39, 0.29) is 0 Å². The fourth-order valence-electron chi connectivity index (χ4n) is 3.52. The van der Waals surface area contributed by atoms with E-state index in [0.717, 1.165) is 23.9 Å². The summed E-state index contributed by atoms with van der Waals surface area (Å²) in [4.78, 5) is 6.81. The van der Waals surface area contributed by atoms with Crippen molar-refractivity contribution in [3.05, 3.63) is 59.0 Å². The van der Waals surface area contributed by atoms with Crippen LogP contribution >= 0.6 is 0 Å². The molecule has 1 fully saturated rings. The SMILES string of the molecule is Cc1cc(C)c(CN(C)Cc2noc(C3CCC3)n2)c(-n2cccn2)c1. The molecule has 0 aliphatic heterocycles. The van der Waals surface area contributed by atoms with Crippen LogP contribution < -0.4 is 0 Å². The Labute approximate surface area is 153 Å². The van der Waals surface area contributed by atoms with Crippen LogP contribution in [0.3, 0.4) is 0 Å². The van der Waals surface area contributed by atoms with Crippen molar-refractivity contribution < 1.29 is 4.52 Å². The maximum Gasteiger partial charge on any atom is 0.229 e. The van der Waals surface area contributed by atoms with Crippen molar-refractivity contribution in [3.63, 3.8) is 0 Å². The molecule has 3 aromatic rings. The Morgan fingerprint density at radius 2 is 2.08 bits per heavy atom. The lowest BCUT2D eigenvalue weighted by atomic mass is 9.85. The van der Waals surface area contributed by atoms with E-state index in [1.165, 1.54) is 36.0 Å². The van der Waals surface area contributed by atoms with E-state index >= 15 is 0 Å². The summed E-state index contributed by atoms with van der Waals surface area (Å²) in [5.74, 6) is 2.05. The number of hydrogen-bond acceptors (Lipinski definition) is 5. The summed E-state index contributed by atoms with van der Waals surface area (Å²) in [5.41, 5.74) is 4.90. The van der Waals surface area contributed by atoms with E-state index in [1.807, 2.05) is 23.1 Å². The first-order valence-corrected chi connectivity index (χ1v) is 9.21. The Balaban J connectivity index is 1.52. The smallest absolute Gasteiger partial charge is 0.229 e. The zero-order valence-corrected chi connectivity index (χ0v) is 15.6. The predicted molar refractivity (Wildman–Crippen MR) is 99.1 cm³/mol. The normalized spacial score (nSPS) is 14.8. The molecule has 0 unspecified atom stereocenters. The molecule has 1 aliphatic rings. The summed E-state index contributed by atoms with van der Waals surface area (Å²) in [6, 6.07) is 6.36. The van der Waals surface area contributed by atoms with Crippen LogP contribution in [-0.4, -0.2) is 31.9 Å². The standard InChI is InChI=1S/C20H25N5O/c1-14-10-15(2)17(18(11-14)25-9-5-8-21-25)12-24(3)13-19-22-20(26-23-19)16-6-4-7-16/h5,8-11,16H,4,6-7,12-13H2,1-3H3. The van der Waals surface area contributed by atoms with Crippen LogP contribution in [0.2, 0.25) is 0 Å². The molecule has 0 radical (unpaired) electrons. The highest BCUT2D eigenvalue weighted by Gasteiger charge is 2.25. The van der Waals surface area contributed by atoms with Crippen molar-refractivity contribution in [2.45, 2.75) is 52.1 Å². The van der Waals surface area contributed by atoms with Gasteiger partial charge >= 0.3 is 0 Å². The van der Waals surface area contributed by atoms with Gasteiger partial charge in [-0.2, -0.15) is 10.1 Å². The molecule has 1 aromatic carbocycles. The molecule has 1 saturated carbocycles. The Hall–Kier alpha value is -2.47. The minimum absolute atomic E-state index is 0.479. The van der Waals surface area contributed by atoms with Crippen molar-refractivity contribution in [1.29, 1.82) is 0 Å². The van der Waals surface area contributed by atoms with Gasteiger partial charge in [-0.1, -0.05) is 17.6 Å². The number of hydrogen-bond donors (Lipinski definition) is 0. The van der Waals surface area contributed by atoms with E-state index in [2.05, 4.69) is 53.2 Å². The lowest BCUT2D eigenvalue weighted by Crippen LogP contribution is -2.20. The quantitative estimate of drug-likeness (QED) is 0.676. The van der Waals surface area contributed by atoms with Crippen molar-refractivity contribution >= 4 is 0 Å². The molecule has 0 amide bonds. The number of aryl methyl sites for hydroxylation is 2. The van der Waals surface area contributed by atoms with Gasteiger partial charge in [0.1, 0.15) is 0 Å². The van der Waals surface area contributed by atoms with Gasteiger partial charge in [-0.05, 0) is 62.6 Å². The van der Waals surface area contributed by atoms with E-state index in [9.17, 15) is 0 Å². The molecule has 4 rings (SSSR count). The van der Waals surface area contributed by atoms with Gasteiger partial charge in [0.25, 0.3) is 0 Å². The average molecular weight is 351 g/mol. The highest BCUT2D eigenvalue weighted by molar-refractivity contribution is 5.48. The van der Waals surface area contributed by atoms with E-state index in [4.69, 9.17) is 4.52 Å². The number of benzene rings is 1. The Morgan fingerprint density at radius 3 is 2.77 bits per heavy atom. The average Bonchev–Trinajstić information content (AvgIpc) is 3.20. The van der Waals surface area contributed by atoms with Gasteiger partial charge < -0.3 is 4.52 Å². The van der Waals surface area contributed by atoms with Gasteiger partial charge in [0.15, 0.2) is 5.82 Å². The van der Waals surface area contributed by atoms with Crippen LogP contribution in [0, 0.1) is 13.8 Å². The van der Waals surface area contributed by atoms with E-state index in [0.29, 0.717) is 12.5 Å². The van der Waals surface area contributed by atoms with Crippen molar-refractivity contribution in [2.24, 2.45) is 0 Å². The summed E-state index contributed by atoms with van der Waals surface area (Å²) >= 11 is 0.